The van der Waals surface area contributed by atoms with Gasteiger partial charge in [-0.25, -0.2) is 0 Å². The Kier molecular flexibility index (Phi) is 5.84. The third-order valence-electron chi connectivity index (χ3n) is 6.35. The molecule has 3 unspecified atom stereocenters. The maximum atomic E-state index is 10.3. The molecular formula is C18H32O5S. The highest BCUT2D eigenvalue weighted by molar-refractivity contribution is 8.00. The highest BCUT2D eigenvalue weighted by atomic mass is 32.2. The lowest BCUT2D eigenvalue weighted by molar-refractivity contribution is -0.233. The Morgan fingerprint density at radius 3 is 2.25 bits per heavy atom. The fraction of sp³-hybridized carbons (Fsp3) is 1.00. The summed E-state index contributed by atoms with van der Waals surface area (Å²) in [6.07, 6.45) is 2.06. The van der Waals surface area contributed by atoms with Gasteiger partial charge in [0.2, 0.25) is 0 Å². The van der Waals surface area contributed by atoms with Gasteiger partial charge < -0.3 is 25.2 Å². The maximum Gasteiger partial charge on any atom is 0.111 e. The van der Waals surface area contributed by atoms with E-state index in [2.05, 4.69) is 25.6 Å². The quantitative estimate of drug-likeness (QED) is 0.591. The molecule has 5 nitrogen and oxygen atoms in total. The largest absolute Gasteiger partial charge is 0.394 e. The molecule has 3 aliphatic rings. The zero-order chi connectivity index (χ0) is 17.5. The molecule has 140 valence electrons. The van der Waals surface area contributed by atoms with Crippen molar-refractivity contribution in [3.05, 3.63) is 0 Å². The van der Waals surface area contributed by atoms with E-state index in [9.17, 15) is 20.4 Å². The van der Waals surface area contributed by atoms with Gasteiger partial charge in [-0.15, -0.1) is 0 Å². The van der Waals surface area contributed by atoms with Crippen LogP contribution in [0, 0.1) is 11.3 Å². The Hall–Kier alpha value is 0.150. The molecule has 0 radical (unpaired) electrons. The van der Waals surface area contributed by atoms with Crippen LogP contribution in [0.15, 0.2) is 0 Å². The maximum absolute atomic E-state index is 10.3. The van der Waals surface area contributed by atoms with E-state index in [1.165, 1.54) is 25.7 Å². The van der Waals surface area contributed by atoms with Crippen LogP contribution in [0.4, 0.5) is 0 Å². The first kappa shape index (κ1) is 18.9. The second-order valence-electron chi connectivity index (χ2n) is 8.54. The average molecular weight is 361 g/mol. The highest BCUT2D eigenvalue weighted by Gasteiger charge is 2.48. The van der Waals surface area contributed by atoms with Crippen LogP contribution in [0.25, 0.3) is 0 Å². The van der Waals surface area contributed by atoms with Crippen molar-refractivity contribution in [2.75, 3.05) is 6.61 Å². The van der Waals surface area contributed by atoms with Gasteiger partial charge in [-0.1, -0.05) is 20.3 Å². The number of aliphatic hydroxyl groups is 4. The van der Waals surface area contributed by atoms with Crippen LogP contribution in [0.2, 0.25) is 0 Å². The minimum Gasteiger partial charge on any atom is -0.394 e. The SMILES string of the molecule is CC1(C)CC(SC2CCC2)CC1CC1O[C@H](CO)[C@H](O)[C@H](O)[C@H]1O. The zero-order valence-corrected chi connectivity index (χ0v) is 15.5. The van der Waals surface area contributed by atoms with Crippen molar-refractivity contribution in [2.24, 2.45) is 11.3 Å². The Morgan fingerprint density at radius 2 is 1.67 bits per heavy atom. The van der Waals surface area contributed by atoms with Gasteiger partial charge in [-0.05, 0) is 43.4 Å². The molecule has 0 bridgehead atoms. The van der Waals surface area contributed by atoms with Gasteiger partial charge in [0, 0.05) is 10.5 Å². The molecular weight excluding hydrogens is 328 g/mol. The lowest BCUT2D eigenvalue weighted by Gasteiger charge is -2.42. The Bertz CT molecular complexity index is 426. The normalized spacial score (nSPS) is 46.0. The van der Waals surface area contributed by atoms with Crippen LogP contribution in [-0.4, -0.2) is 68.1 Å². The predicted molar refractivity (Wildman–Crippen MR) is 93.9 cm³/mol. The summed E-state index contributed by atoms with van der Waals surface area (Å²) in [4.78, 5) is 0. The standard InChI is InChI=1S/C18H32O5S/c1-18(2)8-12(24-11-4-3-5-11)6-10(18)7-13-15(20)17(22)16(21)14(9-19)23-13/h10-17,19-22H,3-9H2,1-2H3/t10?,12?,13?,14-,15+,16+,17-/m1/s1. The topological polar surface area (TPSA) is 90.2 Å². The second kappa shape index (κ2) is 7.41. The minimum absolute atomic E-state index is 0.181. The molecule has 0 aromatic heterocycles. The third kappa shape index (κ3) is 3.79. The van der Waals surface area contributed by atoms with Crippen LogP contribution in [0.3, 0.4) is 0 Å². The fourth-order valence-electron chi connectivity index (χ4n) is 4.42. The average Bonchev–Trinajstić information content (AvgIpc) is 2.77. The van der Waals surface area contributed by atoms with Gasteiger partial charge in [-0.3, -0.25) is 0 Å². The molecule has 1 aliphatic heterocycles. The van der Waals surface area contributed by atoms with Gasteiger partial charge in [0.25, 0.3) is 0 Å². The summed E-state index contributed by atoms with van der Waals surface area (Å²) in [5.74, 6) is 0.413. The first-order chi connectivity index (χ1) is 11.3. The number of hydrogen-bond acceptors (Lipinski definition) is 6. The Labute approximate surface area is 148 Å². The van der Waals surface area contributed by atoms with Gasteiger partial charge in [0.1, 0.15) is 24.4 Å². The number of hydrogen-bond donors (Lipinski definition) is 4. The van der Waals surface area contributed by atoms with E-state index in [1.807, 2.05) is 0 Å². The molecule has 1 heterocycles. The molecule has 3 rings (SSSR count). The van der Waals surface area contributed by atoms with E-state index in [-0.39, 0.29) is 12.0 Å². The summed E-state index contributed by atoms with van der Waals surface area (Å²) in [5.41, 5.74) is 0.181. The van der Waals surface area contributed by atoms with Crippen LogP contribution >= 0.6 is 11.8 Å². The van der Waals surface area contributed by atoms with E-state index in [0.29, 0.717) is 17.6 Å². The van der Waals surface area contributed by atoms with Crippen LogP contribution in [-0.2, 0) is 4.74 Å². The number of ether oxygens (including phenoxy) is 1. The van der Waals surface area contributed by atoms with Crippen molar-refractivity contribution in [3.8, 4) is 0 Å². The lowest BCUT2D eigenvalue weighted by Crippen LogP contribution is -2.58. The Morgan fingerprint density at radius 1 is 1.00 bits per heavy atom. The van der Waals surface area contributed by atoms with Crippen molar-refractivity contribution in [1.82, 2.24) is 0 Å². The number of rotatable bonds is 5. The molecule has 6 heteroatoms. The van der Waals surface area contributed by atoms with E-state index in [0.717, 1.165) is 11.7 Å². The summed E-state index contributed by atoms with van der Waals surface area (Å²) < 4.78 is 5.72. The molecule has 0 spiro atoms. The first-order valence-corrected chi connectivity index (χ1v) is 10.2. The van der Waals surface area contributed by atoms with E-state index in [1.54, 1.807) is 0 Å². The van der Waals surface area contributed by atoms with Gasteiger partial charge in [0.05, 0.1) is 12.7 Å². The highest BCUT2D eigenvalue weighted by Crippen LogP contribution is 2.52. The van der Waals surface area contributed by atoms with E-state index >= 15 is 0 Å². The summed E-state index contributed by atoms with van der Waals surface area (Å²) in [6, 6.07) is 0. The van der Waals surface area contributed by atoms with E-state index < -0.39 is 30.5 Å². The van der Waals surface area contributed by atoms with Crippen molar-refractivity contribution >= 4 is 11.8 Å². The van der Waals surface area contributed by atoms with Gasteiger partial charge >= 0.3 is 0 Å². The van der Waals surface area contributed by atoms with Crippen molar-refractivity contribution in [2.45, 2.75) is 93.4 Å². The molecule has 0 aromatic carbocycles. The Balaban J connectivity index is 1.61. The summed E-state index contributed by atoms with van der Waals surface area (Å²) >= 11 is 2.14. The molecule has 2 aliphatic carbocycles. The minimum atomic E-state index is -1.26. The van der Waals surface area contributed by atoms with Crippen molar-refractivity contribution in [1.29, 1.82) is 0 Å². The fourth-order valence-corrected chi connectivity index (χ4v) is 6.44. The lowest BCUT2D eigenvalue weighted by atomic mass is 9.77. The van der Waals surface area contributed by atoms with Crippen LogP contribution < -0.4 is 0 Å². The van der Waals surface area contributed by atoms with E-state index in [4.69, 9.17) is 4.74 Å². The second-order valence-corrected chi connectivity index (χ2v) is 10.1. The van der Waals surface area contributed by atoms with Crippen LogP contribution in [0.5, 0.6) is 0 Å². The van der Waals surface area contributed by atoms with Crippen LogP contribution in [0.1, 0.15) is 52.4 Å². The zero-order valence-electron chi connectivity index (χ0n) is 14.7. The van der Waals surface area contributed by atoms with Crippen molar-refractivity contribution in [3.63, 3.8) is 0 Å². The molecule has 1 saturated heterocycles. The third-order valence-corrected chi connectivity index (χ3v) is 7.95. The molecule has 4 N–H and O–H groups in total. The molecule has 24 heavy (non-hydrogen) atoms. The molecule has 0 aromatic rings. The summed E-state index contributed by atoms with van der Waals surface area (Å²) in [7, 11) is 0. The number of aliphatic hydroxyl groups excluding tert-OH is 4. The molecule has 7 atom stereocenters. The smallest absolute Gasteiger partial charge is 0.111 e. The predicted octanol–water partition coefficient (Wildman–Crippen LogP) is 1.31. The molecule has 2 saturated carbocycles. The van der Waals surface area contributed by atoms with Gasteiger partial charge in [-0.2, -0.15) is 11.8 Å². The summed E-state index contributed by atoms with van der Waals surface area (Å²) in [6.45, 7) is 4.21. The first-order valence-electron chi connectivity index (χ1n) is 9.28. The monoisotopic (exact) mass is 360 g/mol. The van der Waals surface area contributed by atoms with Crippen molar-refractivity contribution < 1.29 is 25.2 Å². The molecule has 0 amide bonds. The summed E-state index contributed by atoms with van der Waals surface area (Å²) in [5, 5.41) is 41.0. The molecule has 3 fully saturated rings. The number of thioether (sulfide) groups is 1. The van der Waals surface area contributed by atoms with Gasteiger partial charge in [0.15, 0.2) is 0 Å².